The van der Waals surface area contributed by atoms with Crippen LogP contribution in [-0.4, -0.2) is 41.0 Å². The normalized spacial score (nSPS) is 20.5. The fourth-order valence-electron chi connectivity index (χ4n) is 4.98. The first-order valence-corrected chi connectivity index (χ1v) is 11.7. The molecule has 2 aromatic rings. The highest BCUT2D eigenvalue weighted by Crippen LogP contribution is 2.45. The van der Waals surface area contributed by atoms with Crippen LogP contribution in [0.2, 0.25) is 0 Å². The third-order valence-corrected chi connectivity index (χ3v) is 6.50. The summed E-state index contributed by atoms with van der Waals surface area (Å²) in [6.07, 6.45) is 3.79. The summed E-state index contributed by atoms with van der Waals surface area (Å²) in [5, 5.41) is 11.5. The van der Waals surface area contributed by atoms with E-state index in [0.29, 0.717) is 30.3 Å². The fraction of sp³-hybridized carbons (Fsp3) is 0.407. The second-order valence-corrected chi connectivity index (χ2v) is 8.53. The highest BCUT2D eigenvalue weighted by atomic mass is 16.5. The van der Waals surface area contributed by atoms with E-state index in [-0.39, 0.29) is 17.4 Å². The van der Waals surface area contributed by atoms with Gasteiger partial charge < -0.3 is 19.5 Å². The van der Waals surface area contributed by atoms with Gasteiger partial charge in [-0.25, -0.2) is 0 Å². The summed E-state index contributed by atoms with van der Waals surface area (Å²) < 4.78 is 11.3. The molecule has 0 bridgehead atoms. The van der Waals surface area contributed by atoms with Crippen LogP contribution in [0.3, 0.4) is 0 Å². The molecule has 1 saturated carbocycles. The van der Waals surface area contributed by atoms with Crippen LogP contribution in [0.4, 0.5) is 0 Å². The van der Waals surface area contributed by atoms with E-state index in [0.717, 1.165) is 36.8 Å². The van der Waals surface area contributed by atoms with Gasteiger partial charge in [-0.1, -0.05) is 37.1 Å². The van der Waals surface area contributed by atoms with Crippen LogP contribution in [0.15, 0.2) is 48.0 Å². The first-order chi connectivity index (χ1) is 16.0. The Balaban J connectivity index is 1.90. The molecule has 0 radical (unpaired) electrons. The molecule has 174 valence electrons. The van der Waals surface area contributed by atoms with Crippen molar-refractivity contribution < 1.29 is 24.2 Å². The van der Waals surface area contributed by atoms with Crippen LogP contribution in [0.25, 0.3) is 5.76 Å². The molecule has 1 atom stereocenters. The minimum atomic E-state index is -0.649. The molecule has 1 unspecified atom stereocenters. The molecule has 2 fully saturated rings. The molecule has 2 aliphatic rings. The molecule has 4 rings (SSSR count). The van der Waals surface area contributed by atoms with E-state index in [1.165, 1.54) is 0 Å². The molecule has 1 N–H and O–H groups in total. The van der Waals surface area contributed by atoms with Crippen molar-refractivity contribution in [2.24, 2.45) is 0 Å². The smallest absolute Gasteiger partial charge is 0.295 e. The Morgan fingerprint density at radius 2 is 1.73 bits per heavy atom. The SMILES string of the molecule is CCOc1ccc(/C(O)=C2\C(=O)C(=O)N(C3CCCC3)C2c2ccccc2C)c(OCC)c1. The van der Waals surface area contributed by atoms with E-state index in [4.69, 9.17) is 9.47 Å². The molecule has 0 aromatic heterocycles. The number of likely N-dealkylation sites (tertiary alicyclic amines) is 1. The zero-order chi connectivity index (χ0) is 23.5. The van der Waals surface area contributed by atoms with Gasteiger partial charge in [0.15, 0.2) is 0 Å². The quantitative estimate of drug-likeness (QED) is 0.359. The Labute approximate surface area is 194 Å². The minimum Gasteiger partial charge on any atom is -0.507 e. The van der Waals surface area contributed by atoms with Crippen molar-refractivity contribution in [3.8, 4) is 11.5 Å². The summed E-state index contributed by atoms with van der Waals surface area (Å²) >= 11 is 0. The average Bonchev–Trinajstić information content (AvgIpc) is 3.41. The van der Waals surface area contributed by atoms with Crippen LogP contribution in [0, 0.1) is 6.92 Å². The lowest BCUT2D eigenvalue weighted by molar-refractivity contribution is -0.141. The zero-order valence-corrected chi connectivity index (χ0v) is 19.5. The van der Waals surface area contributed by atoms with Crippen LogP contribution in [-0.2, 0) is 9.59 Å². The van der Waals surface area contributed by atoms with Gasteiger partial charge in [-0.05, 0) is 56.9 Å². The number of amides is 1. The summed E-state index contributed by atoms with van der Waals surface area (Å²) in [6, 6.07) is 12.2. The molecule has 33 heavy (non-hydrogen) atoms. The Bertz CT molecular complexity index is 1080. The molecule has 1 aliphatic carbocycles. The average molecular weight is 450 g/mol. The van der Waals surface area contributed by atoms with Gasteiger partial charge >= 0.3 is 0 Å². The first kappa shape index (κ1) is 22.9. The van der Waals surface area contributed by atoms with Crippen molar-refractivity contribution in [1.82, 2.24) is 4.90 Å². The van der Waals surface area contributed by atoms with Gasteiger partial charge in [0.2, 0.25) is 0 Å². The number of nitrogens with zero attached hydrogens (tertiary/aromatic N) is 1. The summed E-state index contributed by atoms with van der Waals surface area (Å²) in [7, 11) is 0. The van der Waals surface area contributed by atoms with E-state index in [1.54, 1.807) is 23.1 Å². The van der Waals surface area contributed by atoms with Gasteiger partial charge in [0.25, 0.3) is 11.7 Å². The first-order valence-electron chi connectivity index (χ1n) is 11.7. The maximum absolute atomic E-state index is 13.3. The Morgan fingerprint density at radius 1 is 1.03 bits per heavy atom. The Hall–Kier alpha value is -3.28. The maximum atomic E-state index is 13.3. The molecular weight excluding hydrogens is 418 g/mol. The van der Waals surface area contributed by atoms with E-state index in [2.05, 4.69) is 0 Å². The predicted molar refractivity (Wildman–Crippen MR) is 126 cm³/mol. The number of ketones is 1. The number of aliphatic hydroxyl groups is 1. The zero-order valence-electron chi connectivity index (χ0n) is 19.5. The number of Topliss-reactive ketones (excluding diaryl/α,β-unsaturated/α-hetero) is 1. The van der Waals surface area contributed by atoms with Crippen molar-refractivity contribution in [3.63, 3.8) is 0 Å². The number of benzene rings is 2. The lowest BCUT2D eigenvalue weighted by Gasteiger charge is -2.31. The predicted octanol–water partition coefficient (Wildman–Crippen LogP) is 5.16. The molecule has 0 spiro atoms. The van der Waals surface area contributed by atoms with Crippen molar-refractivity contribution in [2.75, 3.05) is 13.2 Å². The number of hydrogen-bond donors (Lipinski definition) is 1. The summed E-state index contributed by atoms with van der Waals surface area (Å²) in [5.41, 5.74) is 2.32. The molecule has 1 heterocycles. The molecule has 1 saturated heterocycles. The van der Waals surface area contributed by atoms with Crippen molar-refractivity contribution in [3.05, 3.63) is 64.7 Å². The summed E-state index contributed by atoms with van der Waals surface area (Å²) in [4.78, 5) is 28.3. The molecule has 6 nitrogen and oxygen atoms in total. The Morgan fingerprint density at radius 3 is 2.39 bits per heavy atom. The van der Waals surface area contributed by atoms with Crippen LogP contribution < -0.4 is 9.47 Å². The number of hydrogen-bond acceptors (Lipinski definition) is 5. The van der Waals surface area contributed by atoms with E-state index >= 15 is 0 Å². The maximum Gasteiger partial charge on any atom is 0.295 e. The molecule has 2 aromatic carbocycles. The third kappa shape index (κ3) is 4.22. The van der Waals surface area contributed by atoms with Crippen LogP contribution >= 0.6 is 0 Å². The van der Waals surface area contributed by atoms with Crippen molar-refractivity contribution in [2.45, 2.75) is 58.5 Å². The number of aliphatic hydroxyl groups excluding tert-OH is 1. The lowest BCUT2D eigenvalue weighted by atomic mass is 9.92. The van der Waals surface area contributed by atoms with E-state index < -0.39 is 17.7 Å². The van der Waals surface area contributed by atoms with Gasteiger partial charge in [0.1, 0.15) is 17.3 Å². The molecule has 1 amide bonds. The summed E-state index contributed by atoms with van der Waals surface area (Å²) in [6.45, 7) is 6.58. The number of carbonyl (C=O) groups excluding carboxylic acids is 2. The Kier molecular flexibility index (Phi) is 6.72. The van der Waals surface area contributed by atoms with Gasteiger partial charge in [-0.2, -0.15) is 0 Å². The van der Waals surface area contributed by atoms with Gasteiger partial charge in [-0.15, -0.1) is 0 Å². The number of rotatable bonds is 7. The minimum absolute atomic E-state index is 0.0111. The second-order valence-electron chi connectivity index (χ2n) is 8.53. The third-order valence-electron chi connectivity index (χ3n) is 6.50. The monoisotopic (exact) mass is 449 g/mol. The van der Waals surface area contributed by atoms with Gasteiger partial charge in [-0.3, -0.25) is 9.59 Å². The molecule has 6 heteroatoms. The fourth-order valence-corrected chi connectivity index (χ4v) is 4.98. The lowest BCUT2D eigenvalue weighted by Crippen LogP contribution is -2.37. The highest BCUT2D eigenvalue weighted by Gasteiger charge is 2.49. The molecule has 1 aliphatic heterocycles. The highest BCUT2D eigenvalue weighted by molar-refractivity contribution is 6.46. The number of aryl methyl sites for hydroxylation is 1. The largest absolute Gasteiger partial charge is 0.507 e. The van der Waals surface area contributed by atoms with Gasteiger partial charge in [0, 0.05) is 12.1 Å². The molecular formula is C27H31NO5. The van der Waals surface area contributed by atoms with Crippen molar-refractivity contribution in [1.29, 1.82) is 0 Å². The van der Waals surface area contributed by atoms with Crippen LogP contribution in [0.1, 0.15) is 62.3 Å². The topological polar surface area (TPSA) is 76.1 Å². The number of carbonyl (C=O) groups is 2. The standard InChI is InChI=1S/C27H31NO5/c1-4-32-19-14-15-21(22(16-19)33-5-2)25(29)23-24(20-13-9-6-10-17(20)3)28(27(31)26(23)30)18-11-7-8-12-18/h6,9-10,13-16,18,24,29H,4-5,7-8,11-12H2,1-3H3/b25-23+. The van der Waals surface area contributed by atoms with E-state index in [9.17, 15) is 14.7 Å². The van der Waals surface area contributed by atoms with E-state index in [1.807, 2.05) is 45.0 Å². The summed E-state index contributed by atoms with van der Waals surface area (Å²) in [5.74, 6) is -0.380. The van der Waals surface area contributed by atoms with Gasteiger partial charge in [0.05, 0.1) is 30.4 Å². The van der Waals surface area contributed by atoms with Crippen molar-refractivity contribution >= 4 is 17.4 Å². The number of ether oxygens (including phenoxy) is 2. The van der Waals surface area contributed by atoms with Crippen LogP contribution in [0.5, 0.6) is 11.5 Å². The second kappa shape index (κ2) is 9.69.